The molecule has 8 nitrogen and oxygen atoms in total. The molecule has 2 fully saturated rings. The highest BCUT2D eigenvalue weighted by molar-refractivity contribution is 7.90. The summed E-state index contributed by atoms with van der Waals surface area (Å²) < 4.78 is 35.5. The Morgan fingerprint density at radius 1 is 1.23 bits per heavy atom. The summed E-state index contributed by atoms with van der Waals surface area (Å²) in [6.07, 6.45) is 3.97. The van der Waals surface area contributed by atoms with Crippen molar-refractivity contribution in [3.63, 3.8) is 0 Å². The maximum absolute atomic E-state index is 12.4. The van der Waals surface area contributed by atoms with Gasteiger partial charge in [0.25, 0.3) is 0 Å². The number of aromatic nitrogens is 3. The van der Waals surface area contributed by atoms with Gasteiger partial charge in [0.05, 0.1) is 11.9 Å². The van der Waals surface area contributed by atoms with Crippen molar-refractivity contribution in [2.75, 3.05) is 31.1 Å². The van der Waals surface area contributed by atoms with Crippen LogP contribution in [0, 0.1) is 12.3 Å². The van der Waals surface area contributed by atoms with Crippen molar-refractivity contribution in [3.8, 4) is 0 Å². The van der Waals surface area contributed by atoms with Gasteiger partial charge in [-0.1, -0.05) is 37.3 Å². The number of rotatable bonds is 11. The zero-order chi connectivity index (χ0) is 21.9. The molecule has 2 heterocycles. The predicted molar refractivity (Wildman–Crippen MR) is 120 cm³/mol. The molecule has 1 N–H and O–H groups in total. The summed E-state index contributed by atoms with van der Waals surface area (Å²) in [7, 11) is -3.28. The highest BCUT2D eigenvalue weighted by atomic mass is 32.2. The molecule has 2 aliphatic rings. The largest absolute Gasteiger partial charge is 0.377 e. The van der Waals surface area contributed by atoms with Gasteiger partial charge in [0.2, 0.25) is 16.0 Å². The molecule has 2 aromatic rings. The summed E-state index contributed by atoms with van der Waals surface area (Å²) in [5.74, 6) is 1.67. The number of nitrogens with one attached hydrogen (secondary N) is 1. The van der Waals surface area contributed by atoms with Crippen LogP contribution >= 0.6 is 0 Å². The molecule has 0 spiro atoms. The fourth-order valence-electron chi connectivity index (χ4n) is 4.32. The lowest BCUT2D eigenvalue weighted by atomic mass is 10.0. The van der Waals surface area contributed by atoms with Crippen LogP contribution in [-0.4, -0.2) is 54.7 Å². The molecule has 1 aliphatic carbocycles. The van der Waals surface area contributed by atoms with Crippen LogP contribution in [0.15, 0.2) is 30.3 Å². The van der Waals surface area contributed by atoms with E-state index in [1.54, 1.807) is 0 Å². The molecule has 1 aromatic carbocycles. The summed E-state index contributed by atoms with van der Waals surface area (Å²) in [5, 5.41) is 8.30. The van der Waals surface area contributed by atoms with E-state index in [9.17, 15) is 8.42 Å². The minimum Gasteiger partial charge on any atom is -0.377 e. The van der Waals surface area contributed by atoms with Crippen molar-refractivity contribution in [2.24, 2.45) is 5.41 Å². The highest BCUT2D eigenvalue weighted by Crippen LogP contribution is 2.51. The Morgan fingerprint density at radius 2 is 2.00 bits per heavy atom. The molecule has 1 aliphatic heterocycles. The smallest absolute Gasteiger partial charge is 0.227 e. The second kappa shape index (κ2) is 9.26. The fourth-order valence-corrected chi connectivity index (χ4v) is 5.75. The number of hydrogen-bond donors (Lipinski definition) is 1. The number of benzene rings is 1. The molecule has 9 heteroatoms. The molecule has 0 radical (unpaired) electrons. The number of hydrogen-bond acceptors (Lipinski definition) is 6. The molecule has 1 aromatic heterocycles. The van der Waals surface area contributed by atoms with E-state index in [2.05, 4.69) is 36.5 Å². The van der Waals surface area contributed by atoms with E-state index in [0.717, 1.165) is 31.3 Å². The topological polar surface area (TPSA) is 89.4 Å². The lowest BCUT2D eigenvalue weighted by molar-refractivity contribution is 0.101. The molecule has 1 unspecified atom stereocenters. The van der Waals surface area contributed by atoms with Crippen LogP contribution in [0.1, 0.15) is 44.0 Å². The summed E-state index contributed by atoms with van der Waals surface area (Å²) in [6.45, 7) is 7.58. The average molecular weight is 448 g/mol. The first-order chi connectivity index (χ1) is 14.9. The van der Waals surface area contributed by atoms with Crippen molar-refractivity contribution >= 4 is 16.0 Å². The molecular formula is C22H33N5O3S. The van der Waals surface area contributed by atoms with Gasteiger partial charge < -0.3 is 9.64 Å². The SMILES string of the molecule is CCNS(=O)(=O)C1CCN(c2nnc(C)n2CC2(CCOCc3ccccc3)CC2)C1. The summed E-state index contributed by atoms with van der Waals surface area (Å²) in [6, 6.07) is 10.2. The maximum atomic E-state index is 12.4. The predicted octanol–water partition coefficient (Wildman–Crippen LogP) is 2.49. The van der Waals surface area contributed by atoms with Gasteiger partial charge >= 0.3 is 0 Å². The number of aryl methyl sites for hydroxylation is 1. The van der Waals surface area contributed by atoms with Crippen molar-refractivity contribution < 1.29 is 13.2 Å². The minimum absolute atomic E-state index is 0.230. The van der Waals surface area contributed by atoms with E-state index in [-0.39, 0.29) is 5.41 Å². The van der Waals surface area contributed by atoms with Crippen LogP contribution in [0.3, 0.4) is 0 Å². The Kier molecular flexibility index (Phi) is 6.64. The third-order valence-electron chi connectivity index (χ3n) is 6.47. The van der Waals surface area contributed by atoms with Gasteiger partial charge in [0.1, 0.15) is 5.82 Å². The molecule has 0 bridgehead atoms. The van der Waals surface area contributed by atoms with Gasteiger partial charge in [0.15, 0.2) is 0 Å². The quantitative estimate of drug-likeness (QED) is 0.533. The van der Waals surface area contributed by atoms with Crippen molar-refractivity contribution in [2.45, 2.75) is 57.9 Å². The van der Waals surface area contributed by atoms with Crippen LogP contribution in [0.5, 0.6) is 0 Å². The Morgan fingerprint density at radius 3 is 2.71 bits per heavy atom. The normalized spacial score (nSPS) is 20.3. The Balaban J connectivity index is 1.35. The zero-order valence-corrected chi connectivity index (χ0v) is 19.3. The first-order valence-corrected chi connectivity index (χ1v) is 12.7. The third kappa shape index (κ3) is 5.27. The van der Waals surface area contributed by atoms with Crippen molar-refractivity contribution in [1.29, 1.82) is 0 Å². The second-order valence-electron chi connectivity index (χ2n) is 8.82. The molecule has 1 atom stereocenters. The molecular weight excluding hydrogens is 414 g/mol. The van der Waals surface area contributed by atoms with Gasteiger partial charge in [-0.15, -0.1) is 10.2 Å². The van der Waals surface area contributed by atoms with E-state index in [1.807, 2.05) is 32.0 Å². The Hall–Kier alpha value is -1.97. The standard InChI is InChI=1S/C22H33N5O3S/c1-3-23-31(28,29)20-9-13-26(15-20)21-25-24-18(2)27(21)17-22(10-11-22)12-14-30-16-19-7-5-4-6-8-19/h4-8,20,23H,3,9-17H2,1-2H3. The second-order valence-corrected chi connectivity index (χ2v) is 10.9. The van der Waals surface area contributed by atoms with Crippen LogP contribution in [0.25, 0.3) is 0 Å². The van der Waals surface area contributed by atoms with Crippen LogP contribution in [0.2, 0.25) is 0 Å². The fraction of sp³-hybridized carbons (Fsp3) is 0.636. The number of nitrogens with zero attached hydrogens (tertiary/aromatic N) is 4. The lowest BCUT2D eigenvalue weighted by Crippen LogP contribution is -2.36. The van der Waals surface area contributed by atoms with E-state index in [4.69, 9.17) is 4.74 Å². The van der Waals surface area contributed by atoms with Gasteiger partial charge in [-0.05, 0) is 43.6 Å². The van der Waals surface area contributed by atoms with Gasteiger partial charge in [-0.3, -0.25) is 4.57 Å². The first kappa shape index (κ1) is 22.2. The first-order valence-electron chi connectivity index (χ1n) is 11.2. The van der Waals surface area contributed by atoms with Gasteiger partial charge in [-0.25, -0.2) is 13.1 Å². The van der Waals surface area contributed by atoms with E-state index >= 15 is 0 Å². The molecule has 4 rings (SSSR count). The molecule has 170 valence electrons. The minimum atomic E-state index is -3.28. The number of anilines is 1. The highest BCUT2D eigenvalue weighted by Gasteiger charge is 2.44. The third-order valence-corrected chi connectivity index (χ3v) is 8.42. The summed E-state index contributed by atoms with van der Waals surface area (Å²) in [4.78, 5) is 2.07. The molecule has 1 saturated heterocycles. The Bertz CT molecular complexity index is 972. The number of sulfonamides is 1. The summed E-state index contributed by atoms with van der Waals surface area (Å²) >= 11 is 0. The number of ether oxygens (including phenoxy) is 1. The van der Waals surface area contributed by atoms with E-state index in [0.29, 0.717) is 32.7 Å². The van der Waals surface area contributed by atoms with Gasteiger partial charge in [0, 0.05) is 32.8 Å². The van der Waals surface area contributed by atoms with E-state index in [1.165, 1.54) is 18.4 Å². The summed E-state index contributed by atoms with van der Waals surface area (Å²) in [5.41, 5.74) is 1.42. The average Bonchev–Trinajstić information content (AvgIpc) is 3.16. The maximum Gasteiger partial charge on any atom is 0.227 e. The molecule has 1 saturated carbocycles. The van der Waals surface area contributed by atoms with Crippen LogP contribution < -0.4 is 9.62 Å². The Labute approximate surface area is 185 Å². The van der Waals surface area contributed by atoms with Crippen LogP contribution in [0.4, 0.5) is 5.95 Å². The van der Waals surface area contributed by atoms with Crippen LogP contribution in [-0.2, 0) is 27.9 Å². The lowest BCUT2D eigenvalue weighted by Gasteiger charge is -2.22. The van der Waals surface area contributed by atoms with Crippen molar-refractivity contribution in [1.82, 2.24) is 19.5 Å². The molecule has 0 amide bonds. The van der Waals surface area contributed by atoms with E-state index < -0.39 is 15.3 Å². The monoisotopic (exact) mass is 447 g/mol. The van der Waals surface area contributed by atoms with Gasteiger partial charge in [-0.2, -0.15) is 0 Å². The molecule has 31 heavy (non-hydrogen) atoms. The van der Waals surface area contributed by atoms with Crippen molar-refractivity contribution in [3.05, 3.63) is 41.7 Å². The zero-order valence-electron chi connectivity index (χ0n) is 18.5.